The summed E-state index contributed by atoms with van der Waals surface area (Å²) < 4.78 is 13.8. The van der Waals surface area contributed by atoms with Crippen molar-refractivity contribution in [3.63, 3.8) is 0 Å². The highest BCUT2D eigenvalue weighted by Crippen LogP contribution is 2.30. The van der Waals surface area contributed by atoms with Crippen LogP contribution in [0.3, 0.4) is 0 Å². The van der Waals surface area contributed by atoms with Gasteiger partial charge in [0.15, 0.2) is 0 Å². The van der Waals surface area contributed by atoms with Gasteiger partial charge in [0, 0.05) is 24.8 Å². The molecule has 3 nitrogen and oxygen atoms in total. The van der Waals surface area contributed by atoms with Gasteiger partial charge in [-0.25, -0.2) is 4.39 Å². The third kappa shape index (κ3) is 4.92. The topological polar surface area (TPSA) is 35.5 Å². The van der Waals surface area contributed by atoms with Crippen molar-refractivity contribution in [2.75, 3.05) is 24.5 Å². The van der Waals surface area contributed by atoms with Gasteiger partial charge in [-0.3, -0.25) is 0 Å². The summed E-state index contributed by atoms with van der Waals surface area (Å²) in [5.41, 5.74) is 2.12. The average molecular weight is 322 g/mol. The predicted molar refractivity (Wildman–Crippen MR) is 94.3 cm³/mol. The first kappa shape index (κ1) is 18.2. The molecule has 1 saturated heterocycles. The summed E-state index contributed by atoms with van der Waals surface area (Å²) in [7, 11) is 0. The molecule has 0 aliphatic carbocycles. The summed E-state index contributed by atoms with van der Waals surface area (Å²) in [6, 6.07) is 5.20. The molecule has 1 heterocycles. The second-order valence-electron chi connectivity index (χ2n) is 6.73. The number of aliphatic hydroxyl groups excluding tert-OH is 1. The fraction of sp³-hybridized carbons (Fsp3) is 0.684. The normalized spacial score (nSPS) is 17.7. The van der Waals surface area contributed by atoms with Crippen molar-refractivity contribution in [3.05, 3.63) is 29.6 Å². The molecule has 4 heteroatoms. The molecule has 1 aromatic carbocycles. The number of hydrogen-bond donors (Lipinski definition) is 2. The third-order valence-corrected chi connectivity index (χ3v) is 5.13. The Balaban J connectivity index is 2.11. The summed E-state index contributed by atoms with van der Waals surface area (Å²) in [6.07, 6.45) is 3.70. The van der Waals surface area contributed by atoms with Crippen LogP contribution >= 0.6 is 0 Å². The number of aliphatic hydroxyl groups is 1. The van der Waals surface area contributed by atoms with Gasteiger partial charge in [-0.1, -0.05) is 26.7 Å². The van der Waals surface area contributed by atoms with Crippen LogP contribution in [0, 0.1) is 11.7 Å². The van der Waals surface area contributed by atoms with Crippen LogP contribution in [0.4, 0.5) is 10.1 Å². The maximum Gasteiger partial charge on any atom is 0.123 e. The summed E-state index contributed by atoms with van der Waals surface area (Å²) >= 11 is 0. The van der Waals surface area contributed by atoms with Crippen molar-refractivity contribution >= 4 is 5.69 Å². The molecule has 0 spiro atoms. The molecule has 2 N–H and O–H groups in total. The Labute approximate surface area is 139 Å². The minimum Gasteiger partial charge on any atom is -0.393 e. The largest absolute Gasteiger partial charge is 0.393 e. The van der Waals surface area contributed by atoms with Crippen LogP contribution in [0.2, 0.25) is 0 Å². The van der Waals surface area contributed by atoms with Crippen molar-refractivity contribution < 1.29 is 9.50 Å². The van der Waals surface area contributed by atoms with Crippen LogP contribution in [-0.4, -0.2) is 30.8 Å². The Morgan fingerprint density at radius 1 is 1.26 bits per heavy atom. The van der Waals surface area contributed by atoms with Gasteiger partial charge in [0.2, 0.25) is 0 Å². The molecule has 1 atom stereocenters. The molecular weight excluding hydrogens is 291 g/mol. The SMILES string of the molecule is CCC(CC)CNC(C)c1cc(F)ccc1N1CCC(O)CC1. The molecule has 0 aromatic heterocycles. The number of halogens is 1. The Bertz CT molecular complexity index is 482. The van der Waals surface area contributed by atoms with Crippen LogP contribution in [0.5, 0.6) is 0 Å². The molecule has 0 bridgehead atoms. The first-order valence-corrected chi connectivity index (χ1v) is 9.00. The number of anilines is 1. The Hall–Kier alpha value is -1.13. The summed E-state index contributed by atoms with van der Waals surface area (Å²) in [5, 5.41) is 13.3. The number of piperidine rings is 1. The molecule has 1 aliphatic rings. The van der Waals surface area contributed by atoms with E-state index in [0.717, 1.165) is 56.6 Å². The molecule has 2 rings (SSSR count). The molecule has 1 aliphatic heterocycles. The van der Waals surface area contributed by atoms with Crippen LogP contribution < -0.4 is 10.2 Å². The molecule has 1 fully saturated rings. The van der Waals surface area contributed by atoms with Gasteiger partial charge >= 0.3 is 0 Å². The molecule has 0 saturated carbocycles. The number of hydrogen-bond acceptors (Lipinski definition) is 3. The van der Waals surface area contributed by atoms with E-state index in [1.54, 1.807) is 6.07 Å². The van der Waals surface area contributed by atoms with Crippen molar-refractivity contribution in [1.29, 1.82) is 0 Å². The van der Waals surface area contributed by atoms with Crippen molar-refractivity contribution in [1.82, 2.24) is 5.32 Å². The van der Waals surface area contributed by atoms with E-state index in [-0.39, 0.29) is 18.0 Å². The molecule has 1 aromatic rings. The van der Waals surface area contributed by atoms with E-state index < -0.39 is 0 Å². The average Bonchev–Trinajstić information content (AvgIpc) is 2.56. The second kappa shape index (κ2) is 8.65. The van der Waals surface area contributed by atoms with E-state index in [1.165, 1.54) is 6.07 Å². The monoisotopic (exact) mass is 322 g/mol. The zero-order valence-electron chi connectivity index (χ0n) is 14.7. The smallest absolute Gasteiger partial charge is 0.123 e. The third-order valence-electron chi connectivity index (χ3n) is 5.13. The van der Waals surface area contributed by atoms with E-state index in [9.17, 15) is 9.50 Å². The lowest BCUT2D eigenvalue weighted by molar-refractivity contribution is 0.145. The number of benzene rings is 1. The van der Waals surface area contributed by atoms with Gasteiger partial charge in [-0.2, -0.15) is 0 Å². The Morgan fingerprint density at radius 2 is 1.91 bits per heavy atom. The van der Waals surface area contributed by atoms with Crippen LogP contribution in [0.1, 0.15) is 58.1 Å². The zero-order valence-corrected chi connectivity index (χ0v) is 14.7. The van der Waals surface area contributed by atoms with E-state index in [1.807, 2.05) is 6.07 Å². The van der Waals surface area contributed by atoms with Gasteiger partial charge in [-0.05, 0) is 56.0 Å². The van der Waals surface area contributed by atoms with E-state index >= 15 is 0 Å². The number of nitrogens with one attached hydrogen (secondary N) is 1. The lowest BCUT2D eigenvalue weighted by Crippen LogP contribution is -2.37. The van der Waals surface area contributed by atoms with Gasteiger partial charge in [-0.15, -0.1) is 0 Å². The molecular formula is C19H31FN2O. The highest BCUT2D eigenvalue weighted by molar-refractivity contribution is 5.55. The summed E-state index contributed by atoms with van der Waals surface area (Å²) in [4.78, 5) is 2.27. The standard InChI is InChI=1S/C19H31FN2O/c1-4-15(5-2)13-21-14(3)18-12-16(20)6-7-19(18)22-10-8-17(23)9-11-22/h6-7,12,14-15,17,21,23H,4-5,8-11,13H2,1-3H3. The quantitative estimate of drug-likeness (QED) is 0.800. The van der Waals surface area contributed by atoms with Gasteiger partial charge in [0.1, 0.15) is 5.82 Å². The van der Waals surface area contributed by atoms with E-state index in [4.69, 9.17) is 0 Å². The van der Waals surface area contributed by atoms with Crippen LogP contribution in [-0.2, 0) is 0 Å². The molecule has 130 valence electrons. The van der Waals surface area contributed by atoms with Gasteiger partial charge in [0.25, 0.3) is 0 Å². The lowest BCUT2D eigenvalue weighted by atomic mass is 9.99. The minimum absolute atomic E-state index is 0.119. The Morgan fingerprint density at radius 3 is 2.52 bits per heavy atom. The zero-order chi connectivity index (χ0) is 16.8. The Kier molecular flexibility index (Phi) is 6.85. The number of nitrogens with zero attached hydrogens (tertiary/aromatic N) is 1. The molecule has 0 radical (unpaired) electrons. The second-order valence-corrected chi connectivity index (χ2v) is 6.73. The first-order chi connectivity index (χ1) is 11.0. The van der Waals surface area contributed by atoms with Gasteiger partial charge in [0.05, 0.1) is 6.10 Å². The first-order valence-electron chi connectivity index (χ1n) is 9.00. The van der Waals surface area contributed by atoms with Crippen molar-refractivity contribution in [3.8, 4) is 0 Å². The van der Waals surface area contributed by atoms with Crippen LogP contribution in [0.15, 0.2) is 18.2 Å². The van der Waals surface area contributed by atoms with E-state index in [2.05, 4.69) is 31.0 Å². The van der Waals surface area contributed by atoms with Gasteiger partial charge < -0.3 is 15.3 Å². The maximum atomic E-state index is 13.8. The molecule has 1 unspecified atom stereocenters. The predicted octanol–water partition coefficient (Wildman–Crippen LogP) is 3.87. The maximum absolute atomic E-state index is 13.8. The molecule has 0 amide bonds. The van der Waals surface area contributed by atoms with Crippen molar-refractivity contribution in [2.45, 2.75) is 58.6 Å². The van der Waals surface area contributed by atoms with Crippen LogP contribution in [0.25, 0.3) is 0 Å². The fourth-order valence-corrected chi connectivity index (χ4v) is 3.30. The summed E-state index contributed by atoms with van der Waals surface area (Å²) in [5.74, 6) is 0.483. The molecule has 23 heavy (non-hydrogen) atoms. The highest BCUT2D eigenvalue weighted by Gasteiger charge is 2.21. The minimum atomic E-state index is -0.194. The van der Waals surface area contributed by atoms with E-state index in [0.29, 0.717) is 5.92 Å². The van der Waals surface area contributed by atoms with Crippen molar-refractivity contribution in [2.24, 2.45) is 5.92 Å². The number of rotatable bonds is 7. The summed E-state index contributed by atoms with van der Waals surface area (Å²) in [6.45, 7) is 9.17. The highest BCUT2D eigenvalue weighted by atomic mass is 19.1. The fourth-order valence-electron chi connectivity index (χ4n) is 3.30. The lowest BCUT2D eigenvalue weighted by Gasteiger charge is -2.34.